The van der Waals surface area contributed by atoms with Crippen molar-refractivity contribution in [1.82, 2.24) is 4.98 Å². The maximum absolute atomic E-state index is 12.6. The van der Waals surface area contributed by atoms with E-state index in [1.165, 1.54) is 0 Å². The van der Waals surface area contributed by atoms with Crippen LogP contribution in [0.4, 0.5) is 13.2 Å². The molecule has 0 saturated heterocycles. The number of ketones is 1. The Bertz CT molecular complexity index is 443. The van der Waals surface area contributed by atoms with Gasteiger partial charge in [-0.3, -0.25) is 4.79 Å². The van der Waals surface area contributed by atoms with Gasteiger partial charge in [-0.1, -0.05) is 13.8 Å². The molecular formula is C11H12F3NO. The summed E-state index contributed by atoms with van der Waals surface area (Å²) in [6, 6.07) is 0. The number of carbonyl (C=O) groups is 1. The Morgan fingerprint density at radius 3 is 2.50 bits per heavy atom. The van der Waals surface area contributed by atoms with Crippen LogP contribution in [0.2, 0.25) is 0 Å². The lowest BCUT2D eigenvalue weighted by Crippen LogP contribution is -2.28. The highest BCUT2D eigenvalue weighted by atomic mass is 19.4. The van der Waals surface area contributed by atoms with E-state index in [2.05, 4.69) is 4.98 Å². The molecule has 0 aromatic carbocycles. The standard InChI is InChI=1S/C11H12F3NO/c1-10(2)3-7-9(8(16)4-10)6(5-15-7)11(12,13)14/h5,15H,3-4H2,1-2H3. The van der Waals surface area contributed by atoms with E-state index in [0.29, 0.717) is 12.1 Å². The number of hydrogen-bond acceptors (Lipinski definition) is 1. The second-order valence-corrected chi connectivity index (χ2v) is 4.99. The van der Waals surface area contributed by atoms with Crippen LogP contribution in [0.25, 0.3) is 0 Å². The number of Topliss-reactive ketones (excluding diaryl/α,β-unsaturated/α-hetero) is 1. The smallest absolute Gasteiger partial charge is 0.364 e. The van der Waals surface area contributed by atoms with Crippen molar-refractivity contribution >= 4 is 5.78 Å². The molecular weight excluding hydrogens is 219 g/mol. The molecule has 0 unspecified atom stereocenters. The van der Waals surface area contributed by atoms with Gasteiger partial charge >= 0.3 is 6.18 Å². The average molecular weight is 231 g/mol. The Labute approximate surface area is 90.8 Å². The molecule has 1 heterocycles. The second-order valence-electron chi connectivity index (χ2n) is 4.99. The molecule has 88 valence electrons. The number of fused-ring (bicyclic) bond motifs is 1. The van der Waals surface area contributed by atoms with E-state index >= 15 is 0 Å². The van der Waals surface area contributed by atoms with Crippen LogP contribution in [0, 0.1) is 5.41 Å². The first-order chi connectivity index (χ1) is 7.21. The third-order valence-electron chi connectivity index (χ3n) is 2.84. The number of aromatic nitrogens is 1. The summed E-state index contributed by atoms with van der Waals surface area (Å²) in [4.78, 5) is 14.3. The average Bonchev–Trinajstić information content (AvgIpc) is 2.43. The van der Waals surface area contributed by atoms with Crippen LogP contribution in [-0.4, -0.2) is 10.8 Å². The van der Waals surface area contributed by atoms with E-state index in [0.717, 1.165) is 6.20 Å². The lowest BCUT2D eigenvalue weighted by molar-refractivity contribution is -0.137. The molecule has 1 N–H and O–H groups in total. The first kappa shape index (κ1) is 11.2. The number of carbonyl (C=O) groups excluding carboxylic acids is 1. The maximum atomic E-state index is 12.6. The minimum Gasteiger partial charge on any atom is -0.364 e. The normalized spacial score (nSPS) is 19.7. The number of H-pyrrole nitrogens is 1. The minimum absolute atomic E-state index is 0.160. The summed E-state index contributed by atoms with van der Waals surface area (Å²) >= 11 is 0. The number of nitrogens with one attached hydrogen (secondary N) is 1. The van der Waals surface area contributed by atoms with Gasteiger partial charge in [0.05, 0.1) is 11.1 Å². The van der Waals surface area contributed by atoms with Crippen molar-refractivity contribution in [2.75, 3.05) is 0 Å². The number of halogens is 3. The van der Waals surface area contributed by atoms with Gasteiger partial charge in [-0.2, -0.15) is 13.2 Å². The van der Waals surface area contributed by atoms with Gasteiger partial charge in [-0.05, 0) is 11.8 Å². The Kier molecular flexibility index (Phi) is 2.19. The summed E-state index contributed by atoms with van der Waals surface area (Å²) in [6.45, 7) is 3.75. The van der Waals surface area contributed by atoms with Gasteiger partial charge in [0.2, 0.25) is 0 Å². The van der Waals surface area contributed by atoms with Crippen molar-refractivity contribution in [1.29, 1.82) is 0 Å². The largest absolute Gasteiger partial charge is 0.418 e. The fourth-order valence-electron chi connectivity index (χ4n) is 2.21. The van der Waals surface area contributed by atoms with Crippen LogP contribution in [0.5, 0.6) is 0 Å². The molecule has 1 aliphatic rings. The third kappa shape index (κ3) is 1.74. The summed E-state index contributed by atoms with van der Waals surface area (Å²) < 4.78 is 37.8. The van der Waals surface area contributed by atoms with Gasteiger partial charge in [-0.25, -0.2) is 0 Å². The van der Waals surface area contributed by atoms with Gasteiger partial charge in [0.25, 0.3) is 0 Å². The molecule has 5 heteroatoms. The zero-order valence-electron chi connectivity index (χ0n) is 9.03. The Morgan fingerprint density at radius 2 is 1.94 bits per heavy atom. The number of aromatic amines is 1. The van der Waals surface area contributed by atoms with E-state index in [-0.39, 0.29) is 17.4 Å². The van der Waals surface area contributed by atoms with Crippen molar-refractivity contribution in [3.63, 3.8) is 0 Å². The molecule has 0 spiro atoms. The van der Waals surface area contributed by atoms with E-state index in [4.69, 9.17) is 0 Å². The lowest BCUT2D eigenvalue weighted by atomic mass is 9.75. The molecule has 0 amide bonds. The quantitative estimate of drug-likeness (QED) is 0.730. The fraction of sp³-hybridized carbons (Fsp3) is 0.545. The van der Waals surface area contributed by atoms with Gasteiger partial charge in [-0.15, -0.1) is 0 Å². The van der Waals surface area contributed by atoms with E-state index in [9.17, 15) is 18.0 Å². The van der Waals surface area contributed by atoms with Crippen LogP contribution in [0.3, 0.4) is 0 Å². The molecule has 0 fully saturated rings. The molecule has 0 aliphatic heterocycles. The molecule has 1 aromatic heterocycles. The van der Waals surface area contributed by atoms with Gasteiger partial charge in [0.15, 0.2) is 5.78 Å². The van der Waals surface area contributed by atoms with Crippen LogP contribution < -0.4 is 0 Å². The zero-order chi connectivity index (χ0) is 12.1. The van der Waals surface area contributed by atoms with Crippen LogP contribution in [-0.2, 0) is 12.6 Å². The topological polar surface area (TPSA) is 32.9 Å². The molecule has 0 bridgehead atoms. The second kappa shape index (κ2) is 3.12. The predicted octanol–water partition coefficient (Wildman–Crippen LogP) is 3.19. The van der Waals surface area contributed by atoms with Crippen LogP contribution in [0.15, 0.2) is 6.20 Å². The highest BCUT2D eigenvalue weighted by Gasteiger charge is 2.41. The van der Waals surface area contributed by atoms with E-state index in [1.54, 1.807) is 0 Å². The molecule has 0 atom stereocenters. The van der Waals surface area contributed by atoms with Crippen molar-refractivity contribution in [2.45, 2.75) is 32.9 Å². The summed E-state index contributed by atoms with van der Waals surface area (Å²) in [5.41, 5.74) is -0.846. The van der Waals surface area contributed by atoms with Crippen molar-refractivity contribution in [2.24, 2.45) is 5.41 Å². The Hall–Kier alpha value is -1.26. The monoisotopic (exact) mass is 231 g/mol. The Balaban J connectivity index is 2.52. The number of rotatable bonds is 0. The summed E-state index contributed by atoms with van der Waals surface area (Å²) in [6.07, 6.45) is -2.92. The fourth-order valence-corrected chi connectivity index (χ4v) is 2.21. The highest BCUT2D eigenvalue weighted by molar-refractivity contribution is 6.00. The molecule has 1 aromatic rings. The number of hydrogen-bond donors (Lipinski definition) is 1. The van der Waals surface area contributed by atoms with Crippen LogP contribution >= 0.6 is 0 Å². The van der Waals surface area contributed by atoms with Crippen molar-refractivity contribution in [3.8, 4) is 0 Å². The summed E-state index contributed by atoms with van der Waals surface area (Å²) in [5.74, 6) is -0.417. The van der Waals surface area contributed by atoms with Gasteiger partial charge in [0, 0.05) is 18.3 Å². The lowest BCUT2D eigenvalue weighted by Gasteiger charge is -2.28. The predicted molar refractivity (Wildman–Crippen MR) is 52.2 cm³/mol. The zero-order valence-corrected chi connectivity index (χ0v) is 9.03. The third-order valence-corrected chi connectivity index (χ3v) is 2.84. The minimum atomic E-state index is -4.46. The van der Waals surface area contributed by atoms with Gasteiger partial charge in [0.1, 0.15) is 0 Å². The first-order valence-corrected chi connectivity index (χ1v) is 5.01. The van der Waals surface area contributed by atoms with Gasteiger partial charge < -0.3 is 4.98 Å². The maximum Gasteiger partial charge on any atom is 0.418 e. The molecule has 2 rings (SSSR count). The summed E-state index contributed by atoms with van der Waals surface area (Å²) in [7, 11) is 0. The summed E-state index contributed by atoms with van der Waals surface area (Å²) in [5, 5.41) is 0. The van der Waals surface area contributed by atoms with E-state index < -0.39 is 17.5 Å². The molecule has 16 heavy (non-hydrogen) atoms. The number of alkyl halides is 3. The SMILES string of the molecule is CC1(C)CC(=O)c2c(C(F)(F)F)c[nH]c2C1. The molecule has 0 saturated carbocycles. The molecule has 2 nitrogen and oxygen atoms in total. The van der Waals surface area contributed by atoms with E-state index in [1.807, 2.05) is 13.8 Å². The van der Waals surface area contributed by atoms with Crippen molar-refractivity contribution < 1.29 is 18.0 Å². The van der Waals surface area contributed by atoms with Crippen molar-refractivity contribution in [3.05, 3.63) is 23.0 Å². The highest BCUT2D eigenvalue weighted by Crippen LogP contribution is 2.40. The molecule has 1 aliphatic carbocycles. The van der Waals surface area contributed by atoms with Crippen LogP contribution in [0.1, 0.15) is 41.9 Å². The first-order valence-electron chi connectivity index (χ1n) is 5.01. The molecule has 0 radical (unpaired) electrons. The Morgan fingerprint density at radius 1 is 1.31 bits per heavy atom.